The highest BCUT2D eigenvalue weighted by Gasteiger charge is 2.21. The van der Waals surface area contributed by atoms with Crippen LogP contribution in [0.25, 0.3) is 0 Å². The third-order valence-corrected chi connectivity index (χ3v) is 3.39. The minimum Gasteiger partial charge on any atom is -0.449 e. The molecule has 0 bridgehead atoms. The zero-order valence-corrected chi connectivity index (χ0v) is 11.2. The van der Waals surface area contributed by atoms with E-state index in [1.165, 1.54) is 0 Å². The quantitative estimate of drug-likeness (QED) is 0.861. The predicted molar refractivity (Wildman–Crippen MR) is 68.2 cm³/mol. The van der Waals surface area contributed by atoms with E-state index in [-0.39, 0.29) is 6.09 Å². The zero-order chi connectivity index (χ0) is 12.3. The maximum atomic E-state index is 11.6. The van der Waals surface area contributed by atoms with Gasteiger partial charge in [-0.3, -0.25) is 4.90 Å². The first-order valence-corrected chi connectivity index (χ1v) is 6.23. The fraction of sp³-hybridized carbons (Fsp3) is 0.417. The standard InChI is InChI=1S/C12H14BrNO3/c1-16-8-9-7-10(3-4-11(9)13)14-5-2-6-17-12(14)15/h3-4,7H,2,5-6,8H2,1H3. The van der Waals surface area contributed by atoms with E-state index in [1.807, 2.05) is 18.2 Å². The number of anilines is 1. The Balaban J connectivity index is 2.25. The molecule has 1 heterocycles. The molecule has 0 saturated carbocycles. The van der Waals surface area contributed by atoms with Gasteiger partial charge >= 0.3 is 6.09 Å². The Kier molecular flexibility index (Phi) is 4.02. The van der Waals surface area contributed by atoms with Crippen LogP contribution in [0.1, 0.15) is 12.0 Å². The fourth-order valence-corrected chi connectivity index (χ4v) is 2.14. The lowest BCUT2D eigenvalue weighted by Crippen LogP contribution is -2.37. The average Bonchev–Trinajstić information content (AvgIpc) is 2.33. The molecule has 0 N–H and O–H groups in total. The Morgan fingerprint density at radius 3 is 3.06 bits per heavy atom. The van der Waals surface area contributed by atoms with Crippen LogP contribution in [0, 0.1) is 0 Å². The Bertz CT molecular complexity index is 422. The maximum Gasteiger partial charge on any atom is 0.414 e. The summed E-state index contributed by atoms with van der Waals surface area (Å²) in [6, 6.07) is 5.77. The number of methoxy groups -OCH3 is 1. The lowest BCUT2D eigenvalue weighted by atomic mass is 10.2. The molecule has 1 aromatic carbocycles. The van der Waals surface area contributed by atoms with Crippen molar-refractivity contribution in [2.24, 2.45) is 0 Å². The van der Waals surface area contributed by atoms with Crippen LogP contribution in [0.4, 0.5) is 10.5 Å². The molecule has 17 heavy (non-hydrogen) atoms. The SMILES string of the molecule is COCc1cc(N2CCCOC2=O)ccc1Br. The van der Waals surface area contributed by atoms with E-state index >= 15 is 0 Å². The van der Waals surface area contributed by atoms with Crippen LogP contribution >= 0.6 is 15.9 Å². The van der Waals surface area contributed by atoms with Gasteiger partial charge in [0.25, 0.3) is 0 Å². The Morgan fingerprint density at radius 1 is 1.53 bits per heavy atom. The first-order valence-electron chi connectivity index (χ1n) is 5.44. The van der Waals surface area contributed by atoms with Gasteiger partial charge in [0, 0.05) is 23.8 Å². The number of nitrogens with zero attached hydrogens (tertiary/aromatic N) is 1. The second-order valence-electron chi connectivity index (χ2n) is 3.83. The van der Waals surface area contributed by atoms with Crippen molar-refractivity contribution in [1.29, 1.82) is 0 Å². The minimum absolute atomic E-state index is 0.276. The van der Waals surface area contributed by atoms with Crippen molar-refractivity contribution in [1.82, 2.24) is 0 Å². The van der Waals surface area contributed by atoms with E-state index in [4.69, 9.17) is 9.47 Å². The summed E-state index contributed by atoms with van der Waals surface area (Å²) < 4.78 is 11.1. The first kappa shape index (κ1) is 12.4. The van der Waals surface area contributed by atoms with Crippen LogP contribution < -0.4 is 4.90 Å². The number of cyclic esters (lactones) is 1. The molecule has 5 heteroatoms. The molecule has 92 valence electrons. The summed E-state index contributed by atoms with van der Waals surface area (Å²) in [4.78, 5) is 13.3. The van der Waals surface area contributed by atoms with Gasteiger partial charge in [0.1, 0.15) is 0 Å². The third kappa shape index (κ3) is 2.79. The van der Waals surface area contributed by atoms with E-state index in [9.17, 15) is 4.79 Å². The first-order chi connectivity index (χ1) is 8.22. The van der Waals surface area contributed by atoms with Crippen molar-refractivity contribution in [2.75, 3.05) is 25.2 Å². The summed E-state index contributed by atoms with van der Waals surface area (Å²) in [5, 5.41) is 0. The molecule has 0 aromatic heterocycles. The van der Waals surface area contributed by atoms with Crippen molar-refractivity contribution >= 4 is 27.7 Å². The number of hydrogen-bond donors (Lipinski definition) is 0. The molecule has 1 fully saturated rings. The highest BCUT2D eigenvalue weighted by atomic mass is 79.9. The molecule has 1 amide bonds. The van der Waals surface area contributed by atoms with Crippen LogP contribution in [0.2, 0.25) is 0 Å². The summed E-state index contributed by atoms with van der Waals surface area (Å²) in [7, 11) is 1.65. The second-order valence-corrected chi connectivity index (χ2v) is 4.68. The lowest BCUT2D eigenvalue weighted by molar-refractivity contribution is 0.140. The summed E-state index contributed by atoms with van der Waals surface area (Å²) in [5.74, 6) is 0. The van der Waals surface area contributed by atoms with Crippen LogP contribution in [-0.2, 0) is 16.1 Å². The summed E-state index contributed by atoms with van der Waals surface area (Å²) >= 11 is 3.46. The van der Waals surface area contributed by atoms with Crippen LogP contribution in [0.5, 0.6) is 0 Å². The van der Waals surface area contributed by atoms with Gasteiger partial charge in [0.05, 0.1) is 13.2 Å². The number of hydrogen-bond acceptors (Lipinski definition) is 3. The summed E-state index contributed by atoms with van der Waals surface area (Å²) in [6.45, 7) is 1.72. The smallest absolute Gasteiger partial charge is 0.414 e. The molecule has 2 rings (SSSR count). The van der Waals surface area contributed by atoms with Gasteiger partial charge < -0.3 is 9.47 Å². The minimum atomic E-state index is -0.276. The predicted octanol–water partition coefficient (Wildman–Crippen LogP) is 2.94. The molecule has 4 nitrogen and oxygen atoms in total. The van der Waals surface area contributed by atoms with Crippen molar-refractivity contribution < 1.29 is 14.3 Å². The van der Waals surface area contributed by atoms with Crippen LogP contribution in [0.15, 0.2) is 22.7 Å². The topological polar surface area (TPSA) is 38.8 Å². The van der Waals surface area contributed by atoms with E-state index in [2.05, 4.69) is 15.9 Å². The highest BCUT2D eigenvalue weighted by Crippen LogP contribution is 2.26. The zero-order valence-electron chi connectivity index (χ0n) is 9.61. The van der Waals surface area contributed by atoms with Gasteiger partial charge in [-0.1, -0.05) is 15.9 Å². The van der Waals surface area contributed by atoms with Gasteiger partial charge in [0.15, 0.2) is 0 Å². The number of carbonyl (C=O) groups excluding carboxylic acids is 1. The molecule has 0 spiro atoms. The highest BCUT2D eigenvalue weighted by molar-refractivity contribution is 9.10. The number of ether oxygens (including phenoxy) is 2. The van der Waals surface area contributed by atoms with Crippen LogP contribution in [0.3, 0.4) is 0 Å². The van der Waals surface area contributed by atoms with Crippen LogP contribution in [-0.4, -0.2) is 26.4 Å². The normalized spacial score (nSPS) is 15.9. The average molecular weight is 300 g/mol. The molecule has 1 saturated heterocycles. The molecule has 1 aliphatic heterocycles. The fourth-order valence-electron chi connectivity index (χ4n) is 1.78. The lowest BCUT2D eigenvalue weighted by Gasteiger charge is -2.26. The van der Waals surface area contributed by atoms with E-state index in [0.717, 1.165) is 22.1 Å². The van der Waals surface area contributed by atoms with Gasteiger partial charge in [0.2, 0.25) is 0 Å². The Labute approximate surface area is 109 Å². The largest absolute Gasteiger partial charge is 0.449 e. The molecular weight excluding hydrogens is 286 g/mol. The summed E-state index contributed by atoms with van der Waals surface area (Å²) in [5.41, 5.74) is 1.87. The molecule has 0 radical (unpaired) electrons. The molecule has 0 unspecified atom stereocenters. The maximum absolute atomic E-state index is 11.6. The third-order valence-electron chi connectivity index (χ3n) is 2.61. The van der Waals surface area contributed by atoms with Gasteiger partial charge in [-0.15, -0.1) is 0 Å². The second kappa shape index (κ2) is 5.51. The Morgan fingerprint density at radius 2 is 2.35 bits per heavy atom. The van der Waals surface area contributed by atoms with Crippen molar-refractivity contribution in [3.8, 4) is 0 Å². The molecular formula is C12H14BrNO3. The van der Waals surface area contributed by atoms with Crippen molar-refractivity contribution in [3.05, 3.63) is 28.2 Å². The molecule has 0 atom stereocenters. The monoisotopic (exact) mass is 299 g/mol. The van der Waals surface area contributed by atoms with Crippen molar-refractivity contribution in [3.63, 3.8) is 0 Å². The number of carbonyl (C=O) groups is 1. The number of benzene rings is 1. The van der Waals surface area contributed by atoms with Gasteiger partial charge in [-0.25, -0.2) is 4.79 Å². The van der Waals surface area contributed by atoms with Gasteiger partial charge in [-0.05, 0) is 30.2 Å². The number of halogens is 1. The van der Waals surface area contributed by atoms with E-state index in [0.29, 0.717) is 19.8 Å². The van der Waals surface area contributed by atoms with Gasteiger partial charge in [-0.2, -0.15) is 0 Å². The number of rotatable bonds is 3. The van der Waals surface area contributed by atoms with E-state index in [1.54, 1.807) is 12.0 Å². The Hall–Kier alpha value is -1.07. The number of amides is 1. The molecule has 1 aliphatic rings. The van der Waals surface area contributed by atoms with E-state index < -0.39 is 0 Å². The molecule has 1 aromatic rings. The molecule has 0 aliphatic carbocycles. The van der Waals surface area contributed by atoms with Crippen molar-refractivity contribution in [2.45, 2.75) is 13.0 Å². The summed E-state index contributed by atoms with van der Waals surface area (Å²) in [6.07, 6.45) is 0.587.